The number of anilines is 1. The molecule has 25 heavy (non-hydrogen) atoms. The lowest BCUT2D eigenvalue weighted by Crippen LogP contribution is -2.51. The molecule has 1 aliphatic heterocycles. The van der Waals surface area contributed by atoms with Crippen molar-refractivity contribution in [1.82, 2.24) is 15.5 Å². The molecule has 1 saturated heterocycles. The van der Waals surface area contributed by atoms with E-state index in [4.69, 9.17) is 11.6 Å². The predicted molar refractivity (Wildman–Crippen MR) is 101 cm³/mol. The quantitative estimate of drug-likeness (QED) is 0.792. The van der Waals surface area contributed by atoms with Crippen molar-refractivity contribution in [2.75, 3.05) is 44.2 Å². The molecule has 138 valence electrons. The van der Waals surface area contributed by atoms with Gasteiger partial charge in [-0.15, -0.1) is 0 Å². The Morgan fingerprint density at radius 2 is 1.64 bits per heavy atom. The van der Waals surface area contributed by atoms with Crippen LogP contribution < -0.4 is 15.5 Å². The average molecular weight is 367 g/mol. The Hall–Kier alpha value is -1.79. The first-order chi connectivity index (χ1) is 11.7. The molecule has 0 radical (unpaired) electrons. The second kappa shape index (κ2) is 8.54. The maximum Gasteiger partial charge on any atom is 0.309 e. The second-order valence-corrected chi connectivity index (χ2v) is 7.70. The molecule has 1 aromatic rings. The summed E-state index contributed by atoms with van der Waals surface area (Å²) >= 11 is 5.92. The summed E-state index contributed by atoms with van der Waals surface area (Å²) in [7, 11) is 0. The molecule has 1 aliphatic rings. The molecule has 2 rings (SSSR count). The third-order valence-electron chi connectivity index (χ3n) is 3.97. The largest absolute Gasteiger partial charge is 0.369 e. The molecule has 0 spiro atoms. The molecule has 1 fully saturated rings. The van der Waals surface area contributed by atoms with Crippen molar-refractivity contribution in [2.45, 2.75) is 26.3 Å². The first kappa shape index (κ1) is 19.5. The van der Waals surface area contributed by atoms with Crippen molar-refractivity contribution in [3.05, 3.63) is 29.3 Å². The van der Waals surface area contributed by atoms with Crippen LogP contribution >= 0.6 is 11.6 Å². The van der Waals surface area contributed by atoms with E-state index in [0.717, 1.165) is 37.7 Å². The first-order valence-electron chi connectivity index (χ1n) is 8.58. The third kappa shape index (κ3) is 6.55. The van der Waals surface area contributed by atoms with Crippen LogP contribution in [0.5, 0.6) is 0 Å². The smallest absolute Gasteiger partial charge is 0.309 e. The highest BCUT2D eigenvalue weighted by Crippen LogP contribution is 2.19. The minimum absolute atomic E-state index is 0.410. The highest BCUT2D eigenvalue weighted by atomic mass is 35.5. The average Bonchev–Trinajstić information content (AvgIpc) is 2.54. The Morgan fingerprint density at radius 1 is 1.04 bits per heavy atom. The van der Waals surface area contributed by atoms with Crippen LogP contribution in [-0.2, 0) is 9.59 Å². The fourth-order valence-corrected chi connectivity index (χ4v) is 2.81. The molecule has 0 atom stereocenters. The van der Waals surface area contributed by atoms with Gasteiger partial charge in [-0.05, 0) is 45.0 Å². The summed E-state index contributed by atoms with van der Waals surface area (Å²) in [6.45, 7) is 10.5. The zero-order valence-corrected chi connectivity index (χ0v) is 15.9. The monoisotopic (exact) mass is 366 g/mol. The number of halogens is 1. The number of piperazine rings is 1. The van der Waals surface area contributed by atoms with Crippen LogP contribution in [-0.4, -0.2) is 61.5 Å². The van der Waals surface area contributed by atoms with Gasteiger partial charge in [-0.2, -0.15) is 0 Å². The van der Waals surface area contributed by atoms with Gasteiger partial charge < -0.3 is 15.5 Å². The van der Waals surface area contributed by atoms with Crippen LogP contribution in [0.3, 0.4) is 0 Å². The zero-order chi connectivity index (χ0) is 18.4. The van der Waals surface area contributed by atoms with E-state index in [1.807, 2.05) is 45.0 Å². The highest BCUT2D eigenvalue weighted by molar-refractivity contribution is 6.35. The Bertz CT molecular complexity index is 590. The zero-order valence-electron chi connectivity index (χ0n) is 15.1. The topological polar surface area (TPSA) is 64.7 Å². The van der Waals surface area contributed by atoms with Crippen molar-refractivity contribution in [3.63, 3.8) is 0 Å². The number of hydrogen-bond donors (Lipinski definition) is 2. The fraction of sp³-hybridized carbons (Fsp3) is 0.556. The standard InChI is InChI=1S/C18H27ClN4O2/c1-18(2,3)21-17(25)16(24)20-8-9-22-10-12-23(13-11-22)15-6-4-14(19)5-7-15/h4-7H,8-13H2,1-3H3,(H,20,24)(H,21,25). The molecular formula is C18H27ClN4O2. The summed E-state index contributed by atoms with van der Waals surface area (Å²) in [4.78, 5) is 28.1. The Kier molecular flexibility index (Phi) is 6.67. The summed E-state index contributed by atoms with van der Waals surface area (Å²) in [5.41, 5.74) is 0.767. The molecule has 1 heterocycles. The van der Waals surface area contributed by atoms with Gasteiger partial charge in [0.05, 0.1) is 0 Å². The van der Waals surface area contributed by atoms with Crippen LogP contribution in [0.25, 0.3) is 0 Å². The molecule has 2 N–H and O–H groups in total. The van der Waals surface area contributed by atoms with Gasteiger partial charge in [0.2, 0.25) is 0 Å². The molecule has 0 bridgehead atoms. The Labute approximate surface area is 154 Å². The van der Waals surface area contributed by atoms with E-state index in [-0.39, 0.29) is 0 Å². The van der Waals surface area contributed by atoms with E-state index in [0.29, 0.717) is 6.54 Å². The number of hydrogen-bond acceptors (Lipinski definition) is 4. The van der Waals surface area contributed by atoms with Gasteiger partial charge in [-0.3, -0.25) is 14.5 Å². The van der Waals surface area contributed by atoms with Crippen LogP contribution in [0.2, 0.25) is 5.02 Å². The van der Waals surface area contributed by atoms with Gasteiger partial charge in [0, 0.05) is 55.5 Å². The van der Waals surface area contributed by atoms with E-state index in [1.165, 1.54) is 5.69 Å². The van der Waals surface area contributed by atoms with Gasteiger partial charge in [0.1, 0.15) is 0 Å². The molecule has 6 nitrogen and oxygen atoms in total. The molecule has 2 amide bonds. The van der Waals surface area contributed by atoms with Crippen molar-refractivity contribution in [1.29, 1.82) is 0 Å². The number of rotatable bonds is 4. The third-order valence-corrected chi connectivity index (χ3v) is 4.22. The summed E-state index contributed by atoms with van der Waals surface area (Å²) in [6, 6.07) is 7.88. The number of carbonyl (C=O) groups is 2. The number of nitrogens with one attached hydrogen (secondary N) is 2. The maximum absolute atomic E-state index is 11.8. The number of amides is 2. The van der Waals surface area contributed by atoms with E-state index >= 15 is 0 Å². The minimum Gasteiger partial charge on any atom is -0.369 e. The number of nitrogens with zero attached hydrogens (tertiary/aromatic N) is 2. The van der Waals surface area contributed by atoms with Crippen LogP contribution in [0, 0.1) is 0 Å². The van der Waals surface area contributed by atoms with Gasteiger partial charge in [0.25, 0.3) is 0 Å². The molecule has 0 aromatic heterocycles. The molecule has 1 aromatic carbocycles. The summed E-state index contributed by atoms with van der Waals surface area (Å²) in [5, 5.41) is 6.08. The van der Waals surface area contributed by atoms with Gasteiger partial charge >= 0.3 is 11.8 Å². The van der Waals surface area contributed by atoms with E-state index in [9.17, 15) is 9.59 Å². The summed E-state index contributed by atoms with van der Waals surface area (Å²) in [5.74, 6) is -1.16. The van der Waals surface area contributed by atoms with Crippen LogP contribution in [0.15, 0.2) is 24.3 Å². The lowest BCUT2D eigenvalue weighted by molar-refractivity contribution is -0.140. The van der Waals surface area contributed by atoms with Gasteiger partial charge in [-0.1, -0.05) is 11.6 Å². The minimum atomic E-state index is -0.583. The maximum atomic E-state index is 11.8. The van der Waals surface area contributed by atoms with Crippen molar-refractivity contribution < 1.29 is 9.59 Å². The summed E-state index contributed by atoms with van der Waals surface area (Å²) in [6.07, 6.45) is 0. The van der Waals surface area contributed by atoms with Crippen LogP contribution in [0.1, 0.15) is 20.8 Å². The normalized spacial score (nSPS) is 15.8. The van der Waals surface area contributed by atoms with Crippen LogP contribution in [0.4, 0.5) is 5.69 Å². The Balaban J connectivity index is 1.68. The summed E-state index contributed by atoms with van der Waals surface area (Å²) < 4.78 is 0. The Morgan fingerprint density at radius 3 is 2.20 bits per heavy atom. The SMILES string of the molecule is CC(C)(C)NC(=O)C(=O)NCCN1CCN(c2ccc(Cl)cc2)CC1. The molecule has 0 aliphatic carbocycles. The van der Waals surface area contributed by atoms with Crippen molar-refractivity contribution in [3.8, 4) is 0 Å². The lowest BCUT2D eigenvalue weighted by atomic mass is 10.1. The highest BCUT2D eigenvalue weighted by Gasteiger charge is 2.21. The second-order valence-electron chi connectivity index (χ2n) is 7.27. The van der Waals surface area contributed by atoms with E-state index in [1.54, 1.807) is 0 Å². The van der Waals surface area contributed by atoms with Gasteiger partial charge in [-0.25, -0.2) is 0 Å². The molecule has 0 unspecified atom stereocenters. The molecule has 0 saturated carbocycles. The van der Waals surface area contributed by atoms with Gasteiger partial charge in [0.15, 0.2) is 0 Å². The predicted octanol–water partition coefficient (Wildman–Crippen LogP) is 1.49. The molecule has 7 heteroatoms. The number of benzene rings is 1. The lowest BCUT2D eigenvalue weighted by Gasteiger charge is -2.36. The van der Waals surface area contributed by atoms with Crippen molar-refractivity contribution >= 4 is 29.1 Å². The van der Waals surface area contributed by atoms with E-state index < -0.39 is 17.4 Å². The van der Waals surface area contributed by atoms with Crippen molar-refractivity contribution in [2.24, 2.45) is 0 Å². The van der Waals surface area contributed by atoms with E-state index in [2.05, 4.69) is 20.4 Å². The molecular weight excluding hydrogens is 340 g/mol. The first-order valence-corrected chi connectivity index (χ1v) is 8.95. The number of carbonyl (C=O) groups excluding carboxylic acids is 2. The fourth-order valence-electron chi connectivity index (χ4n) is 2.69.